The monoisotopic (exact) mass is 268 g/mol. The van der Waals surface area contributed by atoms with Crippen molar-refractivity contribution >= 4 is 0 Å². The Kier molecular flexibility index (Phi) is 4.24. The lowest BCUT2D eigenvalue weighted by Gasteiger charge is -2.42. The zero-order chi connectivity index (χ0) is 14.0. The molecule has 0 bridgehead atoms. The van der Waals surface area contributed by atoms with Gasteiger partial charge < -0.3 is 5.11 Å². The molecule has 1 aliphatic carbocycles. The number of aliphatic hydroxyl groups is 1. The third-order valence-corrected chi connectivity index (χ3v) is 4.37. The van der Waals surface area contributed by atoms with Gasteiger partial charge in [-0.05, 0) is 48.4 Å². The summed E-state index contributed by atoms with van der Waals surface area (Å²) in [6, 6.07) is 3.46. The van der Waals surface area contributed by atoms with E-state index in [2.05, 4.69) is 13.8 Å². The first-order valence-corrected chi connectivity index (χ1v) is 7.09. The Morgan fingerprint density at radius 1 is 1.32 bits per heavy atom. The van der Waals surface area contributed by atoms with Crippen molar-refractivity contribution in [3.8, 4) is 0 Å². The van der Waals surface area contributed by atoms with Crippen LogP contribution in [0.5, 0.6) is 0 Å². The Bertz CT molecular complexity index is 444. The Morgan fingerprint density at radius 2 is 2.05 bits per heavy atom. The van der Waals surface area contributed by atoms with Crippen LogP contribution >= 0.6 is 0 Å². The van der Waals surface area contributed by atoms with E-state index in [1.54, 1.807) is 0 Å². The van der Waals surface area contributed by atoms with Gasteiger partial charge in [-0.15, -0.1) is 0 Å². The molecule has 0 aliphatic heterocycles. The lowest BCUT2D eigenvalue weighted by molar-refractivity contribution is -0.0658. The minimum Gasteiger partial charge on any atom is -0.389 e. The van der Waals surface area contributed by atoms with Gasteiger partial charge in [-0.25, -0.2) is 8.78 Å². The molecule has 1 aromatic rings. The zero-order valence-corrected chi connectivity index (χ0v) is 11.6. The number of hydrogen-bond donors (Lipinski definition) is 1. The summed E-state index contributed by atoms with van der Waals surface area (Å²) >= 11 is 0. The predicted molar refractivity (Wildman–Crippen MR) is 71.8 cm³/mol. The van der Waals surface area contributed by atoms with E-state index in [-0.39, 0.29) is 17.9 Å². The molecule has 3 heteroatoms. The first kappa shape index (κ1) is 14.4. The van der Waals surface area contributed by atoms with E-state index < -0.39 is 17.2 Å². The van der Waals surface area contributed by atoms with Crippen LogP contribution in [0, 0.1) is 23.5 Å². The van der Waals surface area contributed by atoms with E-state index in [1.165, 1.54) is 6.07 Å². The zero-order valence-electron chi connectivity index (χ0n) is 11.6. The number of rotatable bonds is 3. The fraction of sp³-hybridized carbons (Fsp3) is 0.625. The topological polar surface area (TPSA) is 20.2 Å². The van der Waals surface area contributed by atoms with Gasteiger partial charge in [0.25, 0.3) is 0 Å². The van der Waals surface area contributed by atoms with Crippen molar-refractivity contribution in [1.82, 2.24) is 0 Å². The second-order valence-electron chi connectivity index (χ2n) is 6.11. The van der Waals surface area contributed by atoms with E-state index in [0.29, 0.717) is 12.3 Å². The van der Waals surface area contributed by atoms with Crippen molar-refractivity contribution in [3.05, 3.63) is 35.4 Å². The first-order valence-electron chi connectivity index (χ1n) is 7.09. The van der Waals surface area contributed by atoms with Gasteiger partial charge in [-0.1, -0.05) is 26.7 Å². The maximum Gasteiger partial charge on any atom is 0.126 e. The highest BCUT2D eigenvalue weighted by atomic mass is 19.1. The molecule has 1 aliphatic rings. The van der Waals surface area contributed by atoms with Gasteiger partial charge in [0.05, 0.1) is 5.60 Å². The maximum atomic E-state index is 13.7. The quantitative estimate of drug-likeness (QED) is 0.875. The molecule has 2 rings (SSSR count). The van der Waals surface area contributed by atoms with E-state index in [4.69, 9.17) is 0 Å². The van der Waals surface area contributed by atoms with Gasteiger partial charge in [0.1, 0.15) is 11.6 Å². The molecule has 1 nitrogen and oxygen atoms in total. The number of benzene rings is 1. The van der Waals surface area contributed by atoms with Crippen molar-refractivity contribution in [2.75, 3.05) is 0 Å². The fourth-order valence-electron chi connectivity index (χ4n) is 3.43. The Balaban J connectivity index is 2.25. The van der Waals surface area contributed by atoms with Gasteiger partial charge in [0.15, 0.2) is 0 Å². The standard InChI is InChI=1S/C16H22F2O/c1-11(2)14-5-3-4-8-16(14,19)10-12-9-13(17)6-7-15(12)18/h6-7,9,11,14,19H,3-5,8,10H2,1-2H3. The second kappa shape index (κ2) is 5.58. The normalized spacial score (nSPS) is 27.8. The molecule has 1 N–H and O–H groups in total. The molecule has 0 heterocycles. The van der Waals surface area contributed by atoms with Crippen molar-refractivity contribution < 1.29 is 13.9 Å². The molecule has 106 valence electrons. The Labute approximate surface area is 113 Å². The van der Waals surface area contributed by atoms with Crippen LogP contribution < -0.4 is 0 Å². The van der Waals surface area contributed by atoms with Crippen LogP contribution in [0.2, 0.25) is 0 Å². The van der Waals surface area contributed by atoms with Crippen molar-refractivity contribution in [3.63, 3.8) is 0 Å². The summed E-state index contributed by atoms with van der Waals surface area (Å²) in [5.74, 6) is -0.370. The Morgan fingerprint density at radius 3 is 2.74 bits per heavy atom. The Hall–Kier alpha value is -0.960. The van der Waals surface area contributed by atoms with Crippen LogP contribution in [0.15, 0.2) is 18.2 Å². The third kappa shape index (κ3) is 3.14. The molecule has 2 unspecified atom stereocenters. The molecule has 0 aromatic heterocycles. The summed E-state index contributed by atoms with van der Waals surface area (Å²) in [5.41, 5.74) is -0.615. The van der Waals surface area contributed by atoms with E-state index in [0.717, 1.165) is 31.4 Å². The van der Waals surface area contributed by atoms with Gasteiger partial charge >= 0.3 is 0 Å². The minimum atomic E-state index is -0.902. The second-order valence-corrected chi connectivity index (χ2v) is 6.11. The smallest absolute Gasteiger partial charge is 0.126 e. The van der Waals surface area contributed by atoms with E-state index in [1.807, 2.05) is 0 Å². The highest BCUT2D eigenvalue weighted by Crippen LogP contribution is 2.40. The molecular weight excluding hydrogens is 246 g/mol. The van der Waals surface area contributed by atoms with Gasteiger partial charge in [0, 0.05) is 6.42 Å². The van der Waals surface area contributed by atoms with Crippen LogP contribution in [-0.4, -0.2) is 10.7 Å². The average molecular weight is 268 g/mol. The SMILES string of the molecule is CC(C)C1CCCCC1(O)Cc1cc(F)ccc1F. The van der Waals surface area contributed by atoms with Crippen LogP contribution in [-0.2, 0) is 6.42 Å². The van der Waals surface area contributed by atoms with Crippen LogP contribution in [0.4, 0.5) is 8.78 Å². The average Bonchev–Trinajstić information content (AvgIpc) is 2.33. The van der Waals surface area contributed by atoms with Crippen LogP contribution in [0.3, 0.4) is 0 Å². The molecule has 2 atom stereocenters. The van der Waals surface area contributed by atoms with Crippen LogP contribution in [0.1, 0.15) is 45.1 Å². The van der Waals surface area contributed by atoms with E-state index in [9.17, 15) is 13.9 Å². The fourth-order valence-corrected chi connectivity index (χ4v) is 3.43. The molecule has 1 fully saturated rings. The summed E-state index contributed by atoms with van der Waals surface area (Å²) in [7, 11) is 0. The van der Waals surface area contributed by atoms with E-state index >= 15 is 0 Å². The third-order valence-electron chi connectivity index (χ3n) is 4.37. The predicted octanol–water partition coefficient (Wildman–Crippen LogP) is 4.08. The van der Waals surface area contributed by atoms with Crippen molar-refractivity contribution in [1.29, 1.82) is 0 Å². The van der Waals surface area contributed by atoms with Gasteiger partial charge in [-0.2, -0.15) is 0 Å². The highest BCUT2D eigenvalue weighted by molar-refractivity contribution is 5.21. The van der Waals surface area contributed by atoms with Crippen LogP contribution in [0.25, 0.3) is 0 Å². The molecule has 0 radical (unpaired) electrons. The van der Waals surface area contributed by atoms with Crippen molar-refractivity contribution in [2.24, 2.45) is 11.8 Å². The minimum absolute atomic E-state index is 0.156. The number of halogens is 2. The lowest BCUT2D eigenvalue weighted by atomic mass is 9.68. The molecule has 1 aromatic carbocycles. The lowest BCUT2D eigenvalue weighted by Crippen LogP contribution is -2.45. The summed E-state index contributed by atoms with van der Waals surface area (Å²) in [5, 5.41) is 10.9. The first-order chi connectivity index (χ1) is 8.92. The molecule has 0 spiro atoms. The molecule has 1 saturated carbocycles. The van der Waals surface area contributed by atoms with Crippen molar-refractivity contribution in [2.45, 2.75) is 51.6 Å². The summed E-state index contributed by atoms with van der Waals surface area (Å²) in [4.78, 5) is 0. The van der Waals surface area contributed by atoms with Gasteiger partial charge in [-0.3, -0.25) is 0 Å². The molecule has 0 saturated heterocycles. The van der Waals surface area contributed by atoms with Gasteiger partial charge in [0.2, 0.25) is 0 Å². The number of hydrogen-bond acceptors (Lipinski definition) is 1. The maximum absolute atomic E-state index is 13.7. The molecule has 0 amide bonds. The molecular formula is C16H22F2O. The highest BCUT2D eigenvalue weighted by Gasteiger charge is 2.40. The largest absolute Gasteiger partial charge is 0.389 e. The summed E-state index contributed by atoms with van der Waals surface area (Å²) in [6.45, 7) is 4.17. The molecule has 19 heavy (non-hydrogen) atoms. The summed E-state index contributed by atoms with van der Waals surface area (Å²) < 4.78 is 27.0. The summed E-state index contributed by atoms with van der Waals surface area (Å²) in [6.07, 6.45) is 3.91.